The lowest BCUT2D eigenvalue weighted by Gasteiger charge is -2.25. The van der Waals surface area contributed by atoms with E-state index in [-0.39, 0.29) is 23.7 Å². The highest BCUT2D eigenvalue weighted by molar-refractivity contribution is 7.98. The number of hydrogen-bond acceptors (Lipinski definition) is 6. The fourth-order valence-electron chi connectivity index (χ4n) is 3.62. The Bertz CT molecular complexity index is 1270. The molecule has 0 aliphatic heterocycles. The Morgan fingerprint density at radius 2 is 1.85 bits per heavy atom. The molecule has 3 aromatic rings. The number of aromatic nitrogens is 4. The molecule has 0 unspecified atom stereocenters. The SMILES string of the molecule is CCCCN(C(=O)c1cnc(SC)n1-c1ccc(F)cc1)c1c(N)n(CCCC)c(=O)[nH]c1=O. The van der Waals surface area contributed by atoms with Crippen LogP contribution in [-0.2, 0) is 6.54 Å². The third-order valence-corrected chi connectivity index (χ3v) is 6.07. The van der Waals surface area contributed by atoms with Crippen molar-refractivity contribution < 1.29 is 9.18 Å². The normalized spacial score (nSPS) is 11.1. The first-order valence-electron chi connectivity index (χ1n) is 11.2. The van der Waals surface area contributed by atoms with E-state index in [1.807, 2.05) is 20.1 Å². The number of rotatable bonds is 10. The minimum atomic E-state index is -0.724. The summed E-state index contributed by atoms with van der Waals surface area (Å²) >= 11 is 1.33. The lowest BCUT2D eigenvalue weighted by Crippen LogP contribution is -2.42. The van der Waals surface area contributed by atoms with E-state index in [4.69, 9.17) is 5.73 Å². The number of thioether (sulfide) groups is 1. The zero-order valence-corrected chi connectivity index (χ0v) is 20.3. The van der Waals surface area contributed by atoms with Crippen molar-refractivity contribution in [2.45, 2.75) is 51.2 Å². The minimum absolute atomic E-state index is 0.0513. The molecule has 0 spiro atoms. The van der Waals surface area contributed by atoms with E-state index >= 15 is 0 Å². The van der Waals surface area contributed by atoms with Crippen LogP contribution in [0.2, 0.25) is 0 Å². The Morgan fingerprint density at radius 1 is 1.18 bits per heavy atom. The Balaban J connectivity index is 2.17. The van der Waals surface area contributed by atoms with E-state index in [0.717, 1.165) is 12.8 Å². The van der Waals surface area contributed by atoms with E-state index in [1.165, 1.54) is 39.6 Å². The van der Waals surface area contributed by atoms with Gasteiger partial charge in [0.25, 0.3) is 11.5 Å². The number of nitrogens with two attached hydrogens (primary N) is 1. The van der Waals surface area contributed by atoms with Gasteiger partial charge in [0.2, 0.25) is 0 Å². The molecule has 0 atom stereocenters. The van der Waals surface area contributed by atoms with Crippen LogP contribution in [0, 0.1) is 5.82 Å². The van der Waals surface area contributed by atoms with Crippen molar-refractivity contribution >= 4 is 29.2 Å². The van der Waals surface area contributed by atoms with Crippen LogP contribution < -0.4 is 21.9 Å². The molecule has 0 saturated carbocycles. The predicted octanol–water partition coefficient (Wildman–Crippen LogP) is 3.41. The molecule has 0 saturated heterocycles. The van der Waals surface area contributed by atoms with Gasteiger partial charge in [0.1, 0.15) is 17.3 Å². The number of nitrogens with zero attached hydrogens (tertiary/aromatic N) is 4. The molecule has 0 aliphatic carbocycles. The molecule has 1 amide bonds. The first-order valence-corrected chi connectivity index (χ1v) is 12.4. The highest BCUT2D eigenvalue weighted by atomic mass is 32.2. The number of halogens is 1. The number of aromatic amines is 1. The molecule has 0 radical (unpaired) electrons. The number of nitrogens with one attached hydrogen (secondary N) is 1. The van der Waals surface area contributed by atoms with Gasteiger partial charge in [0.15, 0.2) is 10.8 Å². The molecular weight excluding hydrogens is 459 g/mol. The number of amides is 1. The minimum Gasteiger partial charge on any atom is -0.383 e. The third-order valence-electron chi connectivity index (χ3n) is 5.42. The van der Waals surface area contributed by atoms with E-state index in [2.05, 4.69) is 9.97 Å². The lowest BCUT2D eigenvalue weighted by atomic mass is 10.2. The lowest BCUT2D eigenvalue weighted by molar-refractivity contribution is 0.0979. The van der Waals surface area contributed by atoms with Crippen molar-refractivity contribution in [2.24, 2.45) is 0 Å². The van der Waals surface area contributed by atoms with Gasteiger partial charge in [0.05, 0.1) is 6.20 Å². The molecule has 2 heterocycles. The van der Waals surface area contributed by atoms with Gasteiger partial charge >= 0.3 is 5.69 Å². The Morgan fingerprint density at radius 3 is 2.47 bits per heavy atom. The fourth-order valence-corrected chi connectivity index (χ4v) is 4.16. The Labute approximate surface area is 200 Å². The van der Waals surface area contributed by atoms with Gasteiger partial charge < -0.3 is 5.73 Å². The molecule has 9 nitrogen and oxygen atoms in total. The van der Waals surface area contributed by atoms with E-state index in [0.29, 0.717) is 30.2 Å². The molecule has 182 valence electrons. The number of carbonyl (C=O) groups is 1. The number of anilines is 2. The van der Waals surface area contributed by atoms with Gasteiger partial charge in [-0.15, -0.1) is 0 Å². The molecule has 0 fully saturated rings. The summed E-state index contributed by atoms with van der Waals surface area (Å²) in [4.78, 5) is 47.0. The van der Waals surface area contributed by atoms with Crippen molar-refractivity contribution in [1.82, 2.24) is 19.1 Å². The highest BCUT2D eigenvalue weighted by Gasteiger charge is 2.28. The third kappa shape index (κ3) is 5.09. The monoisotopic (exact) mass is 488 g/mol. The summed E-state index contributed by atoms with van der Waals surface area (Å²) in [5, 5.41) is 0.528. The average Bonchev–Trinajstić information content (AvgIpc) is 3.25. The summed E-state index contributed by atoms with van der Waals surface area (Å²) in [6.45, 7) is 4.49. The summed E-state index contributed by atoms with van der Waals surface area (Å²) in [5.41, 5.74) is 5.64. The number of carbonyl (C=O) groups excluding carboxylic acids is 1. The van der Waals surface area contributed by atoms with Gasteiger partial charge in [0, 0.05) is 18.8 Å². The quantitative estimate of drug-likeness (QED) is 0.422. The van der Waals surface area contributed by atoms with Gasteiger partial charge in [-0.05, 0) is 43.4 Å². The van der Waals surface area contributed by atoms with Gasteiger partial charge in [-0.2, -0.15) is 0 Å². The molecule has 34 heavy (non-hydrogen) atoms. The van der Waals surface area contributed by atoms with E-state index < -0.39 is 23.0 Å². The van der Waals surface area contributed by atoms with Crippen LogP contribution in [0.4, 0.5) is 15.9 Å². The van der Waals surface area contributed by atoms with Crippen molar-refractivity contribution in [3.8, 4) is 5.69 Å². The summed E-state index contributed by atoms with van der Waals surface area (Å²) in [5.74, 6) is -0.950. The summed E-state index contributed by atoms with van der Waals surface area (Å²) in [7, 11) is 0. The van der Waals surface area contributed by atoms with Gasteiger partial charge in [-0.1, -0.05) is 38.5 Å². The Hall–Kier alpha value is -3.34. The number of unbranched alkanes of at least 4 members (excludes halogenated alkanes) is 2. The van der Waals surface area contributed by atoms with E-state index in [1.54, 1.807) is 16.7 Å². The first kappa shape index (κ1) is 25.3. The van der Waals surface area contributed by atoms with Crippen LogP contribution in [0.1, 0.15) is 50.0 Å². The van der Waals surface area contributed by atoms with Crippen LogP contribution in [0.25, 0.3) is 5.69 Å². The second kappa shape index (κ2) is 11.2. The topological polar surface area (TPSA) is 119 Å². The van der Waals surface area contributed by atoms with Crippen LogP contribution in [0.3, 0.4) is 0 Å². The van der Waals surface area contributed by atoms with Crippen LogP contribution >= 0.6 is 11.8 Å². The van der Waals surface area contributed by atoms with Gasteiger partial charge in [-0.25, -0.2) is 14.2 Å². The standard InChI is InChI=1S/C23H29FN6O3S/c1-4-6-12-28(18-19(25)29(13-7-5-2)22(33)27-20(18)31)21(32)17-14-26-23(34-3)30(17)16-10-8-15(24)9-11-16/h8-11,14H,4-7,12-13,25H2,1-3H3,(H,27,31,33). The predicted molar refractivity (Wildman–Crippen MR) is 133 cm³/mol. The van der Waals surface area contributed by atoms with Crippen molar-refractivity contribution in [3.05, 3.63) is 62.8 Å². The number of hydrogen-bond donors (Lipinski definition) is 2. The Kier molecular flexibility index (Phi) is 8.32. The highest BCUT2D eigenvalue weighted by Crippen LogP contribution is 2.26. The molecule has 1 aromatic carbocycles. The second-order valence-electron chi connectivity index (χ2n) is 7.75. The molecule has 2 aromatic heterocycles. The number of H-pyrrole nitrogens is 1. The maximum Gasteiger partial charge on any atom is 0.330 e. The molecule has 3 rings (SSSR count). The average molecular weight is 489 g/mol. The second-order valence-corrected chi connectivity index (χ2v) is 8.52. The zero-order valence-electron chi connectivity index (χ0n) is 19.5. The van der Waals surface area contributed by atoms with Gasteiger partial charge in [-0.3, -0.25) is 28.6 Å². The van der Waals surface area contributed by atoms with Crippen LogP contribution in [0.5, 0.6) is 0 Å². The van der Waals surface area contributed by atoms with Crippen LogP contribution in [0.15, 0.2) is 45.2 Å². The number of benzene rings is 1. The van der Waals surface area contributed by atoms with Crippen molar-refractivity contribution in [3.63, 3.8) is 0 Å². The molecule has 0 aliphatic rings. The van der Waals surface area contributed by atoms with Crippen LogP contribution in [-0.4, -0.2) is 37.8 Å². The summed E-state index contributed by atoms with van der Waals surface area (Å²) < 4.78 is 16.4. The molecule has 0 bridgehead atoms. The molecule has 11 heteroatoms. The van der Waals surface area contributed by atoms with Crippen molar-refractivity contribution in [1.29, 1.82) is 0 Å². The summed E-state index contributed by atoms with van der Waals surface area (Å²) in [6.07, 6.45) is 6.13. The largest absolute Gasteiger partial charge is 0.383 e. The number of nitrogen functional groups attached to an aromatic ring is 1. The maximum absolute atomic E-state index is 13.8. The maximum atomic E-state index is 13.8. The fraction of sp³-hybridized carbons (Fsp3) is 0.391. The zero-order chi connectivity index (χ0) is 24.8. The smallest absolute Gasteiger partial charge is 0.330 e. The van der Waals surface area contributed by atoms with E-state index in [9.17, 15) is 18.8 Å². The molecular formula is C23H29FN6O3S. The summed E-state index contributed by atoms with van der Waals surface area (Å²) in [6, 6.07) is 5.70. The first-order chi connectivity index (χ1) is 16.3. The van der Waals surface area contributed by atoms with Crippen molar-refractivity contribution in [2.75, 3.05) is 23.4 Å². The molecule has 3 N–H and O–H groups in total. The number of imidazole rings is 1.